The van der Waals surface area contributed by atoms with E-state index in [1.165, 1.54) is 0 Å². The number of alkyl halides is 2. The van der Waals surface area contributed by atoms with Gasteiger partial charge in [0, 0.05) is 6.54 Å². The molecule has 180 valence electrons. The first kappa shape index (κ1) is 27.0. The van der Waals surface area contributed by atoms with E-state index in [9.17, 15) is 43.6 Å². The summed E-state index contributed by atoms with van der Waals surface area (Å²) in [5.74, 6) is -12.6. The number of carbonyl (C=O) groups excluding carboxylic acids is 2. The van der Waals surface area contributed by atoms with Crippen molar-refractivity contribution in [1.29, 1.82) is 0 Å². The van der Waals surface area contributed by atoms with E-state index in [0.717, 1.165) is 0 Å². The number of nitrogens with two attached hydrogens (primary N) is 1. The zero-order valence-electron chi connectivity index (χ0n) is 16.3. The Labute approximate surface area is 174 Å². The molecule has 0 spiro atoms. The average Bonchev–Trinajstić information content (AvgIpc) is 2.96. The molecule has 6 atom stereocenters. The number of aliphatic hydroxyl groups is 5. The summed E-state index contributed by atoms with van der Waals surface area (Å²) in [7, 11) is 0. The molecule has 31 heavy (non-hydrogen) atoms. The molecule has 10 N–H and O–H groups in total. The fraction of sp³-hybridized carbons (Fsp3) is 0.812. The molecule has 1 aliphatic heterocycles. The first-order valence-electron chi connectivity index (χ1n) is 9.26. The van der Waals surface area contributed by atoms with Crippen molar-refractivity contribution >= 4 is 17.8 Å². The molecule has 1 heterocycles. The van der Waals surface area contributed by atoms with E-state index in [1.54, 1.807) is 0 Å². The van der Waals surface area contributed by atoms with Gasteiger partial charge in [-0.1, -0.05) is 0 Å². The minimum absolute atomic E-state index is 0.0659. The molecule has 1 saturated heterocycles. The van der Waals surface area contributed by atoms with Crippen molar-refractivity contribution in [3.05, 3.63) is 0 Å². The Hall–Kier alpha value is -2.01. The highest BCUT2D eigenvalue weighted by molar-refractivity contribution is 5.85. The highest BCUT2D eigenvalue weighted by atomic mass is 19.3. The molecule has 0 aromatic carbocycles. The van der Waals surface area contributed by atoms with Gasteiger partial charge in [0.25, 0.3) is 11.7 Å². The molecule has 0 aliphatic carbocycles. The van der Waals surface area contributed by atoms with Crippen molar-refractivity contribution in [2.75, 3.05) is 19.7 Å². The van der Waals surface area contributed by atoms with Gasteiger partial charge in [-0.25, -0.2) is 0 Å². The Bertz CT molecular complexity index is 655. The van der Waals surface area contributed by atoms with Gasteiger partial charge in [0.05, 0.1) is 12.6 Å². The molecule has 1 fully saturated rings. The van der Waals surface area contributed by atoms with Crippen LogP contribution in [-0.2, 0) is 19.1 Å². The second-order valence-corrected chi connectivity index (χ2v) is 7.01. The third kappa shape index (κ3) is 6.25. The summed E-state index contributed by atoms with van der Waals surface area (Å²) in [6.45, 7) is -1.98. The van der Waals surface area contributed by atoms with E-state index in [2.05, 4.69) is 10.1 Å². The van der Waals surface area contributed by atoms with Crippen molar-refractivity contribution in [2.45, 2.75) is 61.4 Å². The van der Waals surface area contributed by atoms with Gasteiger partial charge in [-0.3, -0.25) is 14.4 Å². The van der Waals surface area contributed by atoms with Gasteiger partial charge in [-0.05, 0) is 19.3 Å². The van der Waals surface area contributed by atoms with Gasteiger partial charge in [0.2, 0.25) is 5.91 Å². The number of carboxylic acids is 1. The molecule has 0 bridgehead atoms. The Kier molecular flexibility index (Phi) is 9.62. The number of rotatable bonds is 12. The van der Waals surface area contributed by atoms with Crippen LogP contribution in [0.15, 0.2) is 0 Å². The lowest BCUT2D eigenvalue weighted by molar-refractivity contribution is -0.325. The number of unbranched alkanes of at least 4 members (excludes halogenated alkanes) is 1. The van der Waals surface area contributed by atoms with E-state index in [1.807, 2.05) is 5.32 Å². The third-order valence-electron chi connectivity index (χ3n) is 4.66. The number of aliphatic hydroxyl groups excluding tert-OH is 4. The standard InChI is InChI=1S/C16H27F2N3O10/c17-15(18,16(30)12(27)10(26)11(31-16)8(23)6-22)14(29)20-4-2-1-3-7(19)13(28)21-5-9(24)25/h7-8,10-12,22-23,26-27,30H,1-6,19H2,(H,20,29)(H,21,28)(H,24,25)/t7-,8-,10+,11-,12+,16+/m0/s1. The minimum atomic E-state index is -4.75. The van der Waals surface area contributed by atoms with Gasteiger partial charge in [-0.2, -0.15) is 8.78 Å². The molecular weight excluding hydrogens is 432 g/mol. The quantitative estimate of drug-likeness (QED) is 0.126. The van der Waals surface area contributed by atoms with Crippen LogP contribution in [-0.4, -0.2) is 110 Å². The predicted molar refractivity (Wildman–Crippen MR) is 95.4 cm³/mol. The van der Waals surface area contributed by atoms with Crippen LogP contribution in [0.5, 0.6) is 0 Å². The molecule has 1 rings (SSSR count). The lowest BCUT2D eigenvalue weighted by Gasteiger charge is -2.33. The van der Waals surface area contributed by atoms with Gasteiger partial charge >= 0.3 is 11.9 Å². The van der Waals surface area contributed by atoms with Crippen molar-refractivity contribution in [2.24, 2.45) is 5.73 Å². The summed E-state index contributed by atoms with van der Waals surface area (Å²) in [4.78, 5) is 33.7. The number of aliphatic carboxylic acids is 1. The van der Waals surface area contributed by atoms with Gasteiger partial charge in [-0.15, -0.1) is 0 Å². The number of amides is 2. The largest absolute Gasteiger partial charge is 0.480 e. The number of carbonyl (C=O) groups is 3. The number of halogens is 2. The molecule has 2 amide bonds. The molecule has 13 nitrogen and oxygen atoms in total. The van der Waals surface area contributed by atoms with Crippen molar-refractivity contribution in [3.63, 3.8) is 0 Å². The van der Waals surface area contributed by atoms with Crippen LogP contribution in [0.1, 0.15) is 19.3 Å². The first-order valence-corrected chi connectivity index (χ1v) is 9.26. The maximum absolute atomic E-state index is 14.4. The van der Waals surface area contributed by atoms with Crippen LogP contribution >= 0.6 is 0 Å². The van der Waals surface area contributed by atoms with Crippen LogP contribution in [0, 0.1) is 0 Å². The predicted octanol–water partition coefficient (Wildman–Crippen LogP) is -4.40. The third-order valence-corrected chi connectivity index (χ3v) is 4.66. The maximum atomic E-state index is 14.4. The van der Waals surface area contributed by atoms with E-state index >= 15 is 0 Å². The van der Waals surface area contributed by atoms with Crippen LogP contribution in [0.25, 0.3) is 0 Å². The minimum Gasteiger partial charge on any atom is -0.480 e. The average molecular weight is 459 g/mol. The maximum Gasteiger partial charge on any atom is 0.379 e. The van der Waals surface area contributed by atoms with E-state index < -0.39 is 73.1 Å². The normalized spacial score (nSPS) is 28.1. The summed E-state index contributed by atoms with van der Waals surface area (Å²) < 4.78 is 33.4. The van der Waals surface area contributed by atoms with Crippen LogP contribution in [0.4, 0.5) is 8.78 Å². The summed E-state index contributed by atoms with van der Waals surface area (Å²) in [5.41, 5.74) is 5.54. The van der Waals surface area contributed by atoms with Crippen molar-refractivity contribution < 1.29 is 58.5 Å². The van der Waals surface area contributed by atoms with Crippen LogP contribution in [0.3, 0.4) is 0 Å². The highest BCUT2D eigenvalue weighted by Crippen LogP contribution is 2.42. The molecule has 0 aromatic heterocycles. The Morgan fingerprint density at radius 3 is 2.35 bits per heavy atom. The van der Waals surface area contributed by atoms with Gasteiger partial charge in [0.1, 0.15) is 31.0 Å². The van der Waals surface area contributed by atoms with E-state index in [0.29, 0.717) is 0 Å². The second kappa shape index (κ2) is 11.0. The monoisotopic (exact) mass is 459 g/mol. The highest BCUT2D eigenvalue weighted by Gasteiger charge is 2.71. The topological polar surface area (TPSA) is 232 Å². The summed E-state index contributed by atoms with van der Waals surface area (Å²) in [6, 6.07) is -1.05. The zero-order chi connectivity index (χ0) is 24.0. The molecule has 0 saturated carbocycles. The number of nitrogens with one attached hydrogen (secondary N) is 2. The molecular formula is C16H27F2N3O10. The molecule has 1 aliphatic rings. The molecule has 0 unspecified atom stereocenters. The van der Waals surface area contributed by atoms with E-state index in [4.69, 9.17) is 15.9 Å². The number of hydrogen-bond acceptors (Lipinski definition) is 10. The number of ether oxygens (including phenoxy) is 1. The molecule has 0 radical (unpaired) electrons. The molecule has 15 heteroatoms. The first-order chi connectivity index (χ1) is 14.3. The number of carboxylic acid groups (broad SMARTS) is 1. The number of hydrogen-bond donors (Lipinski definition) is 9. The molecule has 0 aromatic rings. The fourth-order valence-corrected chi connectivity index (χ4v) is 2.82. The smallest absolute Gasteiger partial charge is 0.379 e. The summed E-state index contributed by atoms with van der Waals surface area (Å²) >= 11 is 0. The Balaban J connectivity index is 2.54. The Morgan fingerprint density at radius 1 is 1.19 bits per heavy atom. The van der Waals surface area contributed by atoms with E-state index in [-0.39, 0.29) is 25.8 Å². The summed E-state index contributed by atoms with van der Waals surface area (Å²) in [5, 5.41) is 60.1. The fourth-order valence-electron chi connectivity index (χ4n) is 2.82. The lowest BCUT2D eigenvalue weighted by atomic mass is 9.97. The van der Waals surface area contributed by atoms with Gasteiger partial charge in [0.15, 0.2) is 0 Å². The summed E-state index contributed by atoms with van der Waals surface area (Å²) in [6.07, 6.45) is -8.41. The second-order valence-electron chi connectivity index (χ2n) is 7.01. The zero-order valence-corrected chi connectivity index (χ0v) is 16.3. The lowest BCUT2D eigenvalue weighted by Crippen LogP contribution is -2.63. The Morgan fingerprint density at radius 2 is 1.81 bits per heavy atom. The van der Waals surface area contributed by atoms with Crippen LogP contribution in [0.2, 0.25) is 0 Å². The SMILES string of the molecule is N[C@@H](CCCCNC(=O)C(F)(F)[C@]1(O)O[C@@H]([C@@H](O)CO)[C@@H](O)[C@H]1O)C(=O)NCC(=O)O. The van der Waals surface area contributed by atoms with Crippen LogP contribution < -0.4 is 16.4 Å². The van der Waals surface area contributed by atoms with Gasteiger partial charge < -0.3 is 51.7 Å². The van der Waals surface area contributed by atoms with Crippen molar-refractivity contribution in [1.82, 2.24) is 10.6 Å². The van der Waals surface area contributed by atoms with Crippen molar-refractivity contribution in [3.8, 4) is 0 Å².